The van der Waals surface area contributed by atoms with Gasteiger partial charge in [0.15, 0.2) is 0 Å². The zero-order valence-corrected chi connectivity index (χ0v) is 13.8. The van der Waals surface area contributed by atoms with E-state index in [4.69, 9.17) is 10.7 Å². The third-order valence-corrected chi connectivity index (χ3v) is 5.09. The standard InChI is InChI=1S/C17H24N6O/c18-16(24)23-9-2-1-6-14(23)12-4-3-5-13-15(12)21-17(20-13)22-10-7-19-8-11-22/h3-5,14,19H,1-2,6-11H2,(H2,18,24)(H,20,21). The second kappa shape index (κ2) is 6.32. The molecule has 4 rings (SSSR count). The summed E-state index contributed by atoms with van der Waals surface area (Å²) in [6, 6.07) is 5.85. The summed E-state index contributed by atoms with van der Waals surface area (Å²) in [5.41, 5.74) is 8.69. The number of anilines is 1. The van der Waals surface area contributed by atoms with Crippen LogP contribution in [0.25, 0.3) is 11.0 Å². The molecule has 2 fully saturated rings. The highest BCUT2D eigenvalue weighted by Crippen LogP contribution is 2.34. The van der Waals surface area contributed by atoms with Crippen LogP contribution < -0.4 is 16.0 Å². The van der Waals surface area contributed by atoms with Crippen molar-refractivity contribution >= 4 is 23.0 Å². The number of piperidine rings is 1. The number of rotatable bonds is 2. The van der Waals surface area contributed by atoms with Crippen molar-refractivity contribution in [3.63, 3.8) is 0 Å². The number of nitrogens with one attached hydrogen (secondary N) is 2. The van der Waals surface area contributed by atoms with Crippen molar-refractivity contribution in [1.29, 1.82) is 0 Å². The average Bonchev–Trinajstić information content (AvgIpc) is 3.06. The molecule has 3 heterocycles. The molecule has 2 aliphatic heterocycles. The lowest BCUT2D eigenvalue weighted by Gasteiger charge is -2.34. The van der Waals surface area contributed by atoms with Crippen LogP contribution in [0.15, 0.2) is 18.2 Å². The molecule has 2 aliphatic rings. The largest absolute Gasteiger partial charge is 0.351 e. The fourth-order valence-corrected chi connectivity index (χ4v) is 3.86. The zero-order valence-electron chi connectivity index (χ0n) is 13.8. The number of hydrogen-bond donors (Lipinski definition) is 3. The lowest BCUT2D eigenvalue weighted by molar-refractivity contribution is 0.160. The van der Waals surface area contributed by atoms with E-state index >= 15 is 0 Å². The van der Waals surface area contributed by atoms with Crippen LogP contribution in [0.4, 0.5) is 10.7 Å². The third-order valence-electron chi connectivity index (χ3n) is 5.09. The first-order chi connectivity index (χ1) is 11.7. The van der Waals surface area contributed by atoms with Crippen molar-refractivity contribution < 1.29 is 4.79 Å². The Bertz CT molecular complexity index is 736. The van der Waals surface area contributed by atoms with Gasteiger partial charge >= 0.3 is 6.03 Å². The van der Waals surface area contributed by atoms with Gasteiger partial charge in [-0.15, -0.1) is 0 Å². The molecular weight excluding hydrogens is 304 g/mol. The summed E-state index contributed by atoms with van der Waals surface area (Å²) in [5, 5.41) is 3.36. The summed E-state index contributed by atoms with van der Waals surface area (Å²) in [5.74, 6) is 0.917. The van der Waals surface area contributed by atoms with Gasteiger partial charge in [-0.1, -0.05) is 12.1 Å². The molecule has 1 atom stereocenters. The molecule has 0 radical (unpaired) electrons. The van der Waals surface area contributed by atoms with Crippen LogP contribution in [0.3, 0.4) is 0 Å². The molecule has 1 aromatic heterocycles. The van der Waals surface area contributed by atoms with E-state index in [9.17, 15) is 4.79 Å². The van der Waals surface area contributed by atoms with Gasteiger partial charge in [-0.25, -0.2) is 9.78 Å². The van der Waals surface area contributed by atoms with Crippen LogP contribution >= 0.6 is 0 Å². The molecule has 2 amide bonds. The van der Waals surface area contributed by atoms with Crippen molar-refractivity contribution in [3.05, 3.63) is 23.8 Å². The molecule has 0 bridgehead atoms. The summed E-state index contributed by atoms with van der Waals surface area (Å²) in [4.78, 5) is 24.2. The molecule has 0 spiro atoms. The maximum atomic E-state index is 11.8. The number of imidazole rings is 1. The topological polar surface area (TPSA) is 90.3 Å². The fraction of sp³-hybridized carbons (Fsp3) is 0.529. The summed E-state index contributed by atoms with van der Waals surface area (Å²) in [6.45, 7) is 4.58. The Kier molecular flexibility index (Phi) is 4.02. The number of H-pyrrole nitrogens is 1. The first kappa shape index (κ1) is 15.3. The number of para-hydroxylation sites is 1. The van der Waals surface area contributed by atoms with E-state index in [1.807, 2.05) is 6.07 Å². The molecule has 0 saturated carbocycles. The highest BCUT2D eigenvalue weighted by atomic mass is 16.2. The van der Waals surface area contributed by atoms with E-state index in [0.717, 1.165) is 74.5 Å². The molecule has 7 heteroatoms. The van der Waals surface area contributed by atoms with E-state index in [1.165, 1.54) is 0 Å². The van der Waals surface area contributed by atoms with E-state index in [-0.39, 0.29) is 12.1 Å². The van der Waals surface area contributed by atoms with Gasteiger partial charge in [-0.3, -0.25) is 0 Å². The number of hydrogen-bond acceptors (Lipinski definition) is 4. The number of carbonyl (C=O) groups is 1. The molecule has 7 nitrogen and oxygen atoms in total. The number of carbonyl (C=O) groups excluding carboxylic acids is 1. The lowest BCUT2D eigenvalue weighted by atomic mass is 9.94. The number of piperazine rings is 1. The van der Waals surface area contributed by atoms with Gasteiger partial charge < -0.3 is 25.8 Å². The first-order valence-corrected chi connectivity index (χ1v) is 8.74. The minimum Gasteiger partial charge on any atom is -0.351 e. The molecule has 1 aromatic carbocycles. The van der Waals surface area contributed by atoms with Crippen LogP contribution in [-0.2, 0) is 0 Å². The third kappa shape index (κ3) is 2.69. The maximum Gasteiger partial charge on any atom is 0.315 e. The van der Waals surface area contributed by atoms with Crippen LogP contribution in [0.5, 0.6) is 0 Å². The van der Waals surface area contributed by atoms with Crippen molar-refractivity contribution in [1.82, 2.24) is 20.2 Å². The van der Waals surface area contributed by atoms with Crippen molar-refractivity contribution in [3.8, 4) is 0 Å². The molecule has 24 heavy (non-hydrogen) atoms. The predicted molar refractivity (Wildman–Crippen MR) is 94.1 cm³/mol. The second-order valence-corrected chi connectivity index (χ2v) is 6.58. The Balaban J connectivity index is 1.72. The SMILES string of the molecule is NC(=O)N1CCCCC1c1cccc2[nH]c(N3CCNCC3)nc12. The van der Waals surface area contributed by atoms with Crippen molar-refractivity contribution in [2.45, 2.75) is 25.3 Å². The van der Waals surface area contributed by atoms with Crippen LogP contribution in [0, 0.1) is 0 Å². The van der Waals surface area contributed by atoms with Gasteiger partial charge in [0, 0.05) is 38.3 Å². The van der Waals surface area contributed by atoms with Gasteiger partial charge in [0.25, 0.3) is 0 Å². The number of amides is 2. The molecule has 2 aromatic rings. The fourth-order valence-electron chi connectivity index (χ4n) is 3.86. The number of benzene rings is 1. The number of urea groups is 1. The summed E-state index contributed by atoms with van der Waals surface area (Å²) < 4.78 is 0. The number of fused-ring (bicyclic) bond motifs is 1. The minimum atomic E-state index is -0.338. The van der Waals surface area contributed by atoms with E-state index in [0.29, 0.717) is 0 Å². The summed E-state index contributed by atoms with van der Waals surface area (Å²) in [7, 11) is 0. The zero-order chi connectivity index (χ0) is 16.5. The van der Waals surface area contributed by atoms with Gasteiger partial charge in [-0.05, 0) is 25.3 Å². The monoisotopic (exact) mass is 328 g/mol. The number of primary amides is 1. The van der Waals surface area contributed by atoms with Crippen molar-refractivity contribution in [2.24, 2.45) is 5.73 Å². The predicted octanol–water partition coefficient (Wildman–Crippen LogP) is 1.58. The number of likely N-dealkylation sites (tertiary alicyclic amines) is 1. The highest BCUT2D eigenvalue weighted by Gasteiger charge is 2.29. The molecular formula is C17H24N6O. The lowest BCUT2D eigenvalue weighted by Crippen LogP contribution is -2.44. The molecule has 4 N–H and O–H groups in total. The number of aromatic amines is 1. The highest BCUT2D eigenvalue weighted by molar-refractivity contribution is 5.82. The van der Waals surface area contributed by atoms with Gasteiger partial charge in [-0.2, -0.15) is 0 Å². The Labute approximate surface area is 141 Å². The van der Waals surface area contributed by atoms with Gasteiger partial charge in [0.2, 0.25) is 5.95 Å². The van der Waals surface area contributed by atoms with Crippen LogP contribution in [0.2, 0.25) is 0 Å². The molecule has 128 valence electrons. The molecule has 1 unspecified atom stereocenters. The Morgan fingerprint density at radius 2 is 2.04 bits per heavy atom. The second-order valence-electron chi connectivity index (χ2n) is 6.58. The van der Waals surface area contributed by atoms with E-state index < -0.39 is 0 Å². The van der Waals surface area contributed by atoms with Gasteiger partial charge in [0.05, 0.1) is 17.1 Å². The number of aromatic nitrogens is 2. The number of nitrogens with zero attached hydrogens (tertiary/aromatic N) is 3. The average molecular weight is 328 g/mol. The van der Waals surface area contributed by atoms with Gasteiger partial charge in [0.1, 0.15) is 0 Å². The number of nitrogens with two attached hydrogens (primary N) is 1. The van der Waals surface area contributed by atoms with Crippen LogP contribution in [0.1, 0.15) is 30.9 Å². The smallest absolute Gasteiger partial charge is 0.315 e. The van der Waals surface area contributed by atoms with Crippen molar-refractivity contribution in [2.75, 3.05) is 37.6 Å². The summed E-state index contributed by atoms with van der Waals surface area (Å²) in [6.07, 6.45) is 3.07. The quantitative estimate of drug-likeness (QED) is 0.781. The Morgan fingerprint density at radius 3 is 2.83 bits per heavy atom. The minimum absolute atomic E-state index is 0.0270. The normalized spacial score (nSPS) is 22.1. The van der Waals surface area contributed by atoms with Crippen LogP contribution in [-0.4, -0.2) is 53.6 Å². The Hall–Kier alpha value is -2.28. The molecule has 0 aliphatic carbocycles. The van der Waals surface area contributed by atoms with E-state index in [2.05, 4.69) is 27.3 Å². The molecule has 2 saturated heterocycles. The Morgan fingerprint density at radius 1 is 1.21 bits per heavy atom. The maximum absolute atomic E-state index is 11.8. The summed E-state index contributed by atoms with van der Waals surface area (Å²) >= 11 is 0. The first-order valence-electron chi connectivity index (χ1n) is 8.74. The van der Waals surface area contributed by atoms with E-state index in [1.54, 1.807) is 4.90 Å².